The van der Waals surface area contributed by atoms with Crippen molar-refractivity contribution < 1.29 is 17.9 Å². The van der Waals surface area contributed by atoms with Crippen LogP contribution < -0.4 is 5.32 Å². The number of anilines is 1. The van der Waals surface area contributed by atoms with Crippen LogP contribution in [0.15, 0.2) is 18.2 Å². The Morgan fingerprint density at radius 1 is 1.32 bits per heavy atom. The lowest BCUT2D eigenvalue weighted by molar-refractivity contribution is -0.146. The Morgan fingerprint density at radius 3 is 2.68 bits per heavy atom. The Bertz CT molecular complexity index is 396. The second-order valence-electron chi connectivity index (χ2n) is 4.19. The molecule has 0 radical (unpaired) electrons. The van der Waals surface area contributed by atoms with Crippen LogP contribution in [0.3, 0.4) is 0 Å². The van der Waals surface area contributed by atoms with Crippen LogP contribution in [0.25, 0.3) is 0 Å². The van der Waals surface area contributed by atoms with Crippen LogP contribution in [-0.4, -0.2) is 25.2 Å². The Balaban J connectivity index is 2.52. The van der Waals surface area contributed by atoms with E-state index in [0.717, 1.165) is 16.8 Å². The second kappa shape index (κ2) is 7.60. The maximum atomic E-state index is 12.0. The molecule has 0 saturated carbocycles. The molecule has 0 saturated heterocycles. The fourth-order valence-electron chi connectivity index (χ4n) is 1.53. The monoisotopic (exact) mass is 295 g/mol. The topological polar surface area (TPSA) is 21.3 Å². The summed E-state index contributed by atoms with van der Waals surface area (Å²) in [4.78, 5) is 0. The number of nitrogens with one attached hydrogen (secondary N) is 1. The zero-order valence-electron chi connectivity index (χ0n) is 10.7. The Labute approximate surface area is 115 Å². The normalized spacial score (nSPS) is 11.6. The third kappa shape index (κ3) is 6.68. The average molecular weight is 296 g/mol. The van der Waals surface area contributed by atoms with E-state index in [1.54, 1.807) is 0 Å². The Hall–Kier alpha value is -0.940. The van der Waals surface area contributed by atoms with Crippen molar-refractivity contribution in [2.24, 2.45) is 0 Å². The number of benzene rings is 1. The number of rotatable bonds is 7. The van der Waals surface area contributed by atoms with Crippen molar-refractivity contribution >= 4 is 17.3 Å². The smallest absolute Gasteiger partial charge is 0.384 e. The van der Waals surface area contributed by atoms with Crippen molar-refractivity contribution in [3.63, 3.8) is 0 Å². The summed E-state index contributed by atoms with van der Waals surface area (Å²) in [6.07, 6.45) is -5.10. The van der Waals surface area contributed by atoms with Crippen molar-refractivity contribution in [2.45, 2.75) is 26.1 Å². The van der Waals surface area contributed by atoms with E-state index < -0.39 is 12.6 Å². The minimum absolute atomic E-state index is 0.154. The van der Waals surface area contributed by atoms with Crippen molar-refractivity contribution in [1.82, 2.24) is 0 Å². The lowest BCUT2D eigenvalue weighted by Gasteiger charge is -2.13. The van der Waals surface area contributed by atoms with E-state index in [4.69, 9.17) is 16.3 Å². The lowest BCUT2D eigenvalue weighted by Crippen LogP contribution is -2.12. The molecule has 0 heterocycles. The lowest BCUT2D eigenvalue weighted by atomic mass is 10.1. The van der Waals surface area contributed by atoms with Crippen molar-refractivity contribution in [3.8, 4) is 0 Å². The van der Waals surface area contributed by atoms with Crippen molar-refractivity contribution in [3.05, 3.63) is 29.3 Å². The predicted octanol–water partition coefficient (Wildman–Crippen LogP) is 4.11. The van der Waals surface area contributed by atoms with Gasteiger partial charge in [-0.25, -0.2) is 0 Å². The minimum Gasteiger partial charge on any atom is -0.384 e. The standard InChI is InChI=1S/C13H17ClF3NO/c1-10-2-3-11(12(8-10)18-6-5-14)9-19-7-4-13(15,16)17/h2-3,8,18H,4-7,9H2,1H3. The van der Waals surface area contributed by atoms with Gasteiger partial charge in [0, 0.05) is 23.7 Å². The van der Waals surface area contributed by atoms with E-state index in [0.29, 0.717) is 12.4 Å². The van der Waals surface area contributed by atoms with Gasteiger partial charge in [-0.2, -0.15) is 13.2 Å². The van der Waals surface area contributed by atoms with Crippen LogP contribution in [0.2, 0.25) is 0 Å². The highest BCUT2D eigenvalue weighted by molar-refractivity contribution is 6.18. The molecule has 1 aromatic rings. The fraction of sp³-hybridized carbons (Fsp3) is 0.538. The van der Waals surface area contributed by atoms with Crippen LogP contribution in [0, 0.1) is 6.92 Å². The molecule has 0 unspecified atom stereocenters. The zero-order valence-corrected chi connectivity index (χ0v) is 11.4. The molecule has 0 amide bonds. The van der Waals surface area contributed by atoms with Gasteiger partial charge in [0.1, 0.15) is 0 Å². The number of aryl methyl sites for hydroxylation is 1. The Morgan fingerprint density at radius 2 is 2.05 bits per heavy atom. The molecule has 0 aromatic heterocycles. The quantitative estimate of drug-likeness (QED) is 0.603. The molecule has 0 aliphatic carbocycles. The third-order valence-corrected chi connectivity index (χ3v) is 2.65. The molecule has 6 heteroatoms. The Kier molecular flexibility index (Phi) is 6.45. The first-order valence-electron chi connectivity index (χ1n) is 5.96. The summed E-state index contributed by atoms with van der Waals surface area (Å²) in [7, 11) is 0. The summed E-state index contributed by atoms with van der Waals surface area (Å²) in [5.41, 5.74) is 2.75. The van der Waals surface area contributed by atoms with E-state index in [9.17, 15) is 13.2 Å². The molecule has 0 bridgehead atoms. The summed E-state index contributed by atoms with van der Waals surface area (Å²) in [5, 5.41) is 3.13. The first-order chi connectivity index (χ1) is 8.92. The summed E-state index contributed by atoms with van der Waals surface area (Å²) >= 11 is 5.60. The highest BCUT2D eigenvalue weighted by Gasteiger charge is 2.26. The molecule has 0 aliphatic rings. The van der Waals surface area contributed by atoms with Crippen LogP contribution in [0.4, 0.5) is 18.9 Å². The van der Waals surface area contributed by atoms with Crippen LogP contribution in [0.1, 0.15) is 17.5 Å². The number of hydrogen-bond donors (Lipinski definition) is 1. The largest absolute Gasteiger partial charge is 0.391 e. The van der Waals surface area contributed by atoms with Crippen LogP contribution in [-0.2, 0) is 11.3 Å². The molecule has 0 spiro atoms. The minimum atomic E-state index is -4.17. The maximum absolute atomic E-state index is 12.0. The van der Waals surface area contributed by atoms with Crippen molar-refractivity contribution in [2.75, 3.05) is 24.3 Å². The van der Waals surface area contributed by atoms with E-state index >= 15 is 0 Å². The van der Waals surface area contributed by atoms with Gasteiger partial charge >= 0.3 is 6.18 Å². The fourth-order valence-corrected chi connectivity index (χ4v) is 1.63. The molecule has 0 aliphatic heterocycles. The van der Waals surface area contributed by atoms with E-state index in [2.05, 4.69) is 5.32 Å². The molecule has 0 fully saturated rings. The van der Waals surface area contributed by atoms with Gasteiger partial charge in [0.05, 0.1) is 19.6 Å². The van der Waals surface area contributed by atoms with Gasteiger partial charge in [0.15, 0.2) is 0 Å². The van der Waals surface area contributed by atoms with Gasteiger partial charge in [0.2, 0.25) is 0 Å². The number of ether oxygens (including phenoxy) is 1. The molecule has 1 rings (SSSR count). The number of alkyl halides is 4. The molecular formula is C13H17ClF3NO. The highest BCUT2D eigenvalue weighted by atomic mass is 35.5. The van der Waals surface area contributed by atoms with E-state index in [-0.39, 0.29) is 13.2 Å². The maximum Gasteiger partial charge on any atom is 0.391 e. The van der Waals surface area contributed by atoms with Crippen LogP contribution in [0.5, 0.6) is 0 Å². The molecule has 1 aromatic carbocycles. The summed E-state index contributed by atoms with van der Waals surface area (Å²) in [6, 6.07) is 5.67. The molecular weight excluding hydrogens is 279 g/mol. The van der Waals surface area contributed by atoms with Gasteiger partial charge in [-0.3, -0.25) is 0 Å². The SMILES string of the molecule is Cc1ccc(COCCC(F)(F)F)c(NCCCl)c1. The third-order valence-electron chi connectivity index (χ3n) is 2.46. The molecule has 0 atom stereocenters. The molecule has 1 N–H and O–H groups in total. The zero-order chi connectivity index (χ0) is 14.3. The summed E-state index contributed by atoms with van der Waals surface area (Å²) in [6.45, 7) is 2.37. The molecule has 2 nitrogen and oxygen atoms in total. The van der Waals surface area contributed by atoms with Gasteiger partial charge in [-0.05, 0) is 18.6 Å². The first-order valence-corrected chi connectivity index (χ1v) is 6.49. The van der Waals surface area contributed by atoms with Crippen molar-refractivity contribution in [1.29, 1.82) is 0 Å². The number of hydrogen-bond acceptors (Lipinski definition) is 2. The first kappa shape index (κ1) is 16.1. The summed E-state index contributed by atoms with van der Waals surface area (Å²) < 4.78 is 41.0. The van der Waals surface area contributed by atoms with Crippen LogP contribution >= 0.6 is 11.6 Å². The van der Waals surface area contributed by atoms with Gasteiger partial charge in [-0.15, -0.1) is 11.6 Å². The predicted molar refractivity (Wildman–Crippen MR) is 70.7 cm³/mol. The average Bonchev–Trinajstić information content (AvgIpc) is 2.32. The molecule has 19 heavy (non-hydrogen) atoms. The molecule has 108 valence electrons. The van der Waals surface area contributed by atoms with Gasteiger partial charge in [0.25, 0.3) is 0 Å². The number of halogens is 4. The summed E-state index contributed by atoms with van der Waals surface area (Å²) in [5.74, 6) is 0.461. The van der Waals surface area contributed by atoms with Gasteiger partial charge in [-0.1, -0.05) is 12.1 Å². The highest BCUT2D eigenvalue weighted by Crippen LogP contribution is 2.21. The van der Waals surface area contributed by atoms with E-state index in [1.165, 1.54) is 0 Å². The van der Waals surface area contributed by atoms with Gasteiger partial charge < -0.3 is 10.1 Å². The second-order valence-corrected chi connectivity index (χ2v) is 4.57. The van der Waals surface area contributed by atoms with E-state index in [1.807, 2.05) is 25.1 Å².